The van der Waals surface area contributed by atoms with Gasteiger partial charge in [-0.3, -0.25) is 4.98 Å². The summed E-state index contributed by atoms with van der Waals surface area (Å²) in [6, 6.07) is 15.2. The molecule has 0 radical (unpaired) electrons. The molecule has 4 rings (SSSR count). The number of rotatable bonds is 6. The first-order valence-electron chi connectivity index (χ1n) is 9.48. The van der Waals surface area contributed by atoms with Gasteiger partial charge >= 0.3 is 0 Å². The maximum absolute atomic E-state index is 6.38. The number of nitrogens with one attached hydrogen (secondary N) is 1. The Labute approximate surface area is 154 Å². The van der Waals surface area contributed by atoms with E-state index in [1.165, 1.54) is 12.8 Å². The molecule has 0 amide bonds. The van der Waals surface area contributed by atoms with Crippen LogP contribution in [0.2, 0.25) is 0 Å². The fraction of sp³-hybridized carbons (Fsp3) is 0.364. The Morgan fingerprint density at radius 3 is 2.77 bits per heavy atom. The van der Waals surface area contributed by atoms with E-state index in [9.17, 15) is 0 Å². The third-order valence-corrected chi connectivity index (χ3v) is 4.85. The molecular formula is C22H26N4. The van der Waals surface area contributed by atoms with Gasteiger partial charge in [0.25, 0.3) is 0 Å². The lowest BCUT2D eigenvalue weighted by Gasteiger charge is -2.15. The van der Waals surface area contributed by atoms with Gasteiger partial charge in [-0.05, 0) is 48.9 Å². The van der Waals surface area contributed by atoms with Gasteiger partial charge < -0.3 is 11.1 Å². The molecule has 26 heavy (non-hydrogen) atoms. The molecule has 4 heteroatoms. The predicted octanol–water partition coefficient (Wildman–Crippen LogP) is 4.92. The van der Waals surface area contributed by atoms with Crippen molar-refractivity contribution in [2.45, 2.75) is 45.2 Å². The first kappa shape index (κ1) is 17.0. The Kier molecular flexibility index (Phi) is 4.60. The minimum Gasteiger partial charge on any atom is -0.367 e. The van der Waals surface area contributed by atoms with Crippen molar-refractivity contribution in [3.05, 3.63) is 54.4 Å². The van der Waals surface area contributed by atoms with Crippen molar-refractivity contribution < 1.29 is 0 Å². The molecule has 1 aromatic carbocycles. The minimum atomic E-state index is -0.0306. The second kappa shape index (κ2) is 7.04. The van der Waals surface area contributed by atoms with E-state index in [2.05, 4.69) is 66.6 Å². The Morgan fingerprint density at radius 2 is 2.00 bits per heavy atom. The van der Waals surface area contributed by atoms with Crippen LogP contribution in [0, 0.1) is 5.92 Å². The molecule has 0 bridgehead atoms. The van der Waals surface area contributed by atoms with Crippen LogP contribution in [0.25, 0.3) is 22.0 Å². The SMILES string of the molecule is CC(C)CC(N)c1ccc2cccc(-c3ccnc(NC4CC4)c3)c2n1. The lowest BCUT2D eigenvalue weighted by molar-refractivity contribution is 0.503. The van der Waals surface area contributed by atoms with E-state index < -0.39 is 0 Å². The van der Waals surface area contributed by atoms with Crippen LogP contribution in [-0.4, -0.2) is 16.0 Å². The molecule has 0 spiro atoms. The highest BCUT2D eigenvalue weighted by Crippen LogP contribution is 2.31. The van der Waals surface area contributed by atoms with Gasteiger partial charge in [-0.1, -0.05) is 38.1 Å². The quantitative estimate of drug-likeness (QED) is 0.665. The number of hydrogen-bond donors (Lipinski definition) is 2. The van der Waals surface area contributed by atoms with E-state index in [1.54, 1.807) is 0 Å². The Bertz CT molecular complexity index is 915. The lowest BCUT2D eigenvalue weighted by Crippen LogP contribution is -2.14. The largest absolute Gasteiger partial charge is 0.367 e. The van der Waals surface area contributed by atoms with E-state index >= 15 is 0 Å². The predicted molar refractivity (Wildman–Crippen MR) is 108 cm³/mol. The van der Waals surface area contributed by atoms with Crippen molar-refractivity contribution in [2.24, 2.45) is 11.7 Å². The number of para-hydroxylation sites is 1. The summed E-state index contributed by atoms with van der Waals surface area (Å²) in [5.41, 5.74) is 10.6. The molecule has 3 aromatic rings. The van der Waals surface area contributed by atoms with Crippen molar-refractivity contribution in [1.82, 2.24) is 9.97 Å². The zero-order valence-electron chi connectivity index (χ0n) is 15.4. The van der Waals surface area contributed by atoms with Crippen molar-refractivity contribution >= 4 is 16.7 Å². The maximum atomic E-state index is 6.38. The number of aromatic nitrogens is 2. The molecule has 1 aliphatic rings. The van der Waals surface area contributed by atoms with E-state index in [-0.39, 0.29) is 6.04 Å². The van der Waals surface area contributed by atoms with Gasteiger partial charge in [0.2, 0.25) is 0 Å². The van der Waals surface area contributed by atoms with Crippen LogP contribution in [0.3, 0.4) is 0 Å². The van der Waals surface area contributed by atoms with Crippen LogP contribution in [0.4, 0.5) is 5.82 Å². The van der Waals surface area contributed by atoms with Gasteiger partial charge in [0.15, 0.2) is 0 Å². The van der Waals surface area contributed by atoms with E-state index in [0.717, 1.165) is 40.0 Å². The van der Waals surface area contributed by atoms with E-state index in [1.807, 2.05) is 6.20 Å². The molecule has 2 aromatic heterocycles. The number of nitrogens with two attached hydrogens (primary N) is 1. The fourth-order valence-corrected chi connectivity index (χ4v) is 3.34. The van der Waals surface area contributed by atoms with Gasteiger partial charge in [-0.25, -0.2) is 4.98 Å². The summed E-state index contributed by atoms with van der Waals surface area (Å²) in [5.74, 6) is 1.49. The number of fused-ring (bicyclic) bond motifs is 1. The molecular weight excluding hydrogens is 320 g/mol. The van der Waals surface area contributed by atoms with Crippen molar-refractivity contribution in [1.29, 1.82) is 0 Å². The summed E-state index contributed by atoms with van der Waals surface area (Å²) in [7, 11) is 0. The van der Waals surface area contributed by atoms with Crippen molar-refractivity contribution in [2.75, 3.05) is 5.32 Å². The molecule has 1 unspecified atom stereocenters. The summed E-state index contributed by atoms with van der Waals surface area (Å²) in [5, 5.41) is 4.61. The minimum absolute atomic E-state index is 0.0306. The van der Waals surface area contributed by atoms with E-state index in [0.29, 0.717) is 12.0 Å². The first-order chi connectivity index (χ1) is 12.6. The second-order valence-electron chi connectivity index (χ2n) is 7.70. The van der Waals surface area contributed by atoms with E-state index in [4.69, 9.17) is 10.7 Å². The molecule has 0 aliphatic heterocycles. The monoisotopic (exact) mass is 346 g/mol. The van der Waals surface area contributed by atoms with Crippen LogP contribution in [0.1, 0.15) is 44.8 Å². The number of hydrogen-bond acceptors (Lipinski definition) is 4. The maximum Gasteiger partial charge on any atom is 0.126 e. The fourth-order valence-electron chi connectivity index (χ4n) is 3.34. The van der Waals surface area contributed by atoms with Crippen LogP contribution in [0.15, 0.2) is 48.7 Å². The highest BCUT2D eigenvalue weighted by molar-refractivity contribution is 5.94. The molecule has 1 aliphatic carbocycles. The third kappa shape index (κ3) is 3.70. The van der Waals surface area contributed by atoms with Gasteiger partial charge in [0, 0.05) is 29.2 Å². The van der Waals surface area contributed by atoms with Crippen molar-refractivity contribution in [3.8, 4) is 11.1 Å². The summed E-state index contributed by atoms with van der Waals surface area (Å²) in [6.07, 6.45) is 5.27. The standard InChI is InChI=1S/C22H26N4/c1-14(2)12-19(23)20-9-6-15-4-3-5-18(22(15)26-20)16-10-11-24-21(13-16)25-17-7-8-17/h3-6,9-11,13-14,17,19H,7-8,12,23H2,1-2H3,(H,24,25). The summed E-state index contributed by atoms with van der Waals surface area (Å²) in [4.78, 5) is 9.39. The average Bonchev–Trinajstić information content (AvgIpc) is 3.44. The molecule has 3 N–H and O–H groups in total. The highest BCUT2D eigenvalue weighted by atomic mass is 15.0. The summed E-state index contributed by atoms with van der Waals surface area (Å²) < 4.78 is 0. The van der Waals surface area contributed by atoms with Gasteiger partial charge in [0.05, 0.1) is 11.2 Å². The third-order valence-electron chi connectivity index (χ3n) is 4.85. The molecule has 1 fully saturated rings. The Hall–Kier alpha value is -2.46. The zero-order chi connectivity index (χ0) is 18.1. The Balaban J connectivity index is 1.74. The smallest absolute Gasteiger partial charge is 0.126 e. The first-order valence-corrected chi connectivity index (χ1v) is 9.48. The zero-order valence-corrected chi connectivity index (χ0v) is 15.4. The number of pyridine rings is 2. The molecule has 134 valence electrons. The summed E-state index contributed by atoms with van der Waals surface area (Å²) in [6.45, 7) is 4.38. The molecule has 1 saturated carbocycles. The number of anilines is 1. The topological polar surface area (TPSA) is 63.8 Å². The van der Waals surface area contributed by atoms with Crippen LogP contribution >= 0.6 is 0 Å². The number of nitrogens with zero attached hydrogens (tertiary/aromatic N) is 2. The van der Waals surface area contributed by atoms with Gasteiger partial charge in [-0.15, -0.1) is 0 Å². The lowest BCUT2D eigenvalue weighted by atomic mass is 9.99. The molecule has 0 saturated heterocycles. The molecule has 2 heterocycles. The van der Waals surface area contributed by atoms with Crippen LogP contribution in [0.5, 0.6) is 0 Å². The number of benzene rings is 1. The molecule has 1 atom stereocenters. The normalized spacial score (nSPS) is 15.4. The molecule has 4 nitrogen and oxygen atoms in total. The second-order valence-corrected chi connectivity index (χ2v) is 7.70. The highest BCUT2D eigenvalue weighted by Gasteiger charge is 2.21. The van der Waals surface area contributed by atoms with Crippen LogP contribution in [-0.2, 0) is 0 Å². The summed E-state index contributed by atoms with van der Waals surface area (Å²) >= 11 is 0. The average molecular weight is 346 g/mol. The van der Waals surface area contributed by atoms with Crippen molar-refractivity contribution in [3.63, 3.8) is 0 Å². The van der Waals surface area contributed by atoms with Gasteiger partial charge in [-0.2, -0.15) is 0 Å². The van der Waals surface area contributed by atoms with Crippen LogP contribution < -0.4 is 11.1 Å². The Morgan fingerprint density at radius 1 is 1.15 bits per heavy atom. The van der Waals surface area contributed by atoms with Gasteiger partial charge in [0.1, 0.15) is 5.82 Å².